The number of amides is 1. The van der Waals surface area contributed by atoms with E-state index in [9.17, 15) is 4.79 Å². The summed E-state index contributed by atoms with van der Waals surface area (Å²) in [4.78, 5) is 20.4. The summed E-state index contributed by atoms with van der Waals surface area (Å²) >= 11 is 0. The number of nitrogens with zero attached hydrogens (tertiary/aromatic N) is 1. The summed E-state index contributed by atoms with van der Waals surface area (Å²) in [6.45, 7) is 5.00. The summed E-state index contributed by atoms with van der Waals surface area (Å²) in [5.74, 6) is -0.0668. The first-order chi connectivity index (χ1) is 12.6. The zero-order valence-corrected chi connectivity index (χ0v) is 15.1. The summed E-state index contributed by atoms with van der Waals surface area (Å²) in [6, 6.07) is 20.0. The minimum atomic E-state index is -0.0668. The molecule has 0 aliphatic carbocycles. The number of aromatic nitrogens is 1. The lowest BCUT2D eigenvalue weighted by molar-refractivity contribution is 0.0950. The number of carbonyl (C=O) groups is 1. The van der Waals surface area contributed by atoms with Crippen LogP contribution in [0.5, 0.6) is 0 Å². The largest absolute Gasteiger partial charge is 0.357 e. The van der Waals surface area contributed by atoms with E-state index in [0.29, 0.717) is 18.7 Å². The lowest BCUT2D eigenvalue weighted by atomic mass is 10.1. The van der Waals surface area contributed by atoms with Gasteiger partial charge in [-0.3, -0.25) is 9.79 Å². The molecule has 2 aromatic carbocycles. The molecular formula is C22H23N3O. The Labute approximate surface area is 154 Å². The highest BCUT2D eigenvalue weighted by molar-refractivity contribution is 5.99. The third-order valence-electron chi connectivity index (χ3n) is 4.34. The number of aryl methyl sites for hydroxylation is 1. The van der Waals surface area contributed by atoms with Crippen LogP contribution < -0.4 is 5.32 Å². The molecule has 0 atom stereocenters. The van der Waals surface area contributed by atoms with Gasteiger partial charge >= 0.3 is 0 Å². The highest BCUT2D eigenvalue weighted by atomic mass is 16.1. The van der Waals surface area contributed by atoms with Crippen molar-refractivity contribution in [3.8, 4) is 0 Å². The van der Waals surface area contributed by atoms with Crippen LogP contribution in [0.25, 0.3) is 0 Å². The van der Waals surface area contributed by atoms with E-state index in [1.165, 1.54) is 0 Å². The number of H-pyrrole nitrogens is 1. The van der Waals surface area contributed by atoms with Crippen molar-refractivity contribution in [3.63, 3.8) is 0 Å². The number of aromatic amines is 1. The Morgan fingerprint density at radius 1 is 1.00 bits per heavy atom. The molecule has 4 heteroatoms. The van der Waals surface area contributed by atoms with Gasteiger partial charge in [0.25, 0.3) is 5.91 Å². The fourth-order valence-electron chi connectivity index (χ4n) is 2.94. The number of nitrogens with one attached hydrogen (secondary N) is 2. The third-order valence-corrected chi connectivity index (χ3v) is 4.34. The third kappa shape index (κ3) is 4.28. The van der Waals surface area contributed by atoms with Crippen molar-refractivity contribution in [2.75, 3.05) is 0 Å². The van der Waals surface area contributed by atoms with Crippen LogP contribution in [0.3, 0.4) is 0 Å². The molecule has 1 amide bonds. The molecule has 0 saturated carbocycles. The quantitative estimate of drug-likeness (QED) is 0.647. The van der Waals surface area contributed by atoms with Gasteiger partial charge < -0.3 is 10.3 Å². The van der Waals surface area contributed by atoms with Crippen molar-refractivity contribution in [1.29, 1.82) is 0 Å². The molecular weight excluding hydrogens is 322 g/mol. The zero-order chi connectivity index (χ0) is 18.4. The maximum atomic E-state index is 12.6. The van der Waals surface area contributed by atoms with Crippen molar-refractivity contribution < 1.29 is 4.79 Å². The van der Waals surface area contributed by atoms with E-state index in [4.69, 9.17) is 0 Å². The van der Waals surface area contributed by atoms with Crippen LogP contribution in [0.15, 0.2) is 65.7 Å². The standard InChI is InChI=1S/C22H23N3O/c1-16-20(15-23-13-18-9-5-3-6-10-18)25-17(2)21(16)22(26)24-14-19-11-7-4-8-12-19/h3-12,15,25H,13-14H2,1-2H3,(H,24,26). The fourth-order valence-corrected chi connectivity index (χ4v) is 2.94. The molecule has 0 radical (unpaired) electrons. The van der Waals surface area contributed by atoms with Gasteiger partial charge in [0.05, 0.1) is 17.8 Å². The maximum absolute atomic E-state index is 12.6. The average Bonchev–Trinajstić information content (AvgIpc) is 2.95. The number of carbonyl (C=O) groups excluding carboxylic acids is 1. The molecule has 0 unspecified atom stereocenters. The van der Waals surface area contributed by atoms with Crippen molar-refractivity contribution in [2.45, 2.75) is 26.9 Å². The van der Waals surface area contributed by atoms with Crippen LogP contribution in [0.4, 0.5) is 0 Å². The molecule has 1 aromatic heterocycles. The first-order valence-corrected chi connectivity index (χ1v) is 8.70. The van der Waals surface area contributed by atoms with E-state index < -0.39 is 0 Å². The molecule has 0 bridgehead atoms. The lowest BCUT2D eigenvalue weighted by Crippen LogP contribution is -2.23. The summed E-state index contributed by atoms with van der Waals surface area (Å²) in [7, 11) is 0. The molecule has 0 aliphatic rings. The predicted octanol–water partition coefficient (Wildman–Crippen LogP) is 4.18. The molecule has 3 rings (SSSR count). The molecule has 2 N–H and O–H groups in total. The van der Waals surface area contributed by atoms with Crippen LogP contribution in [0.2, 0.25) is 0 Å². The van der Waals surface area contributed by atoms with E-state index >= 15 is 0 Å². The van der Waals surface area contributed by atoms with Gasteiger partial charge in [-0.15, -0.1) is 0 Å². The Kier molecular flexibility index (Phi) is 5.64. The van der Waals surface area contributed by atoms with E-state index in [0.717, 1.165) is 28.1 Å². The first-order valence-electron chi connectivity index (χ1n) is 8.70. The second-order valence-corrected chi connectivity index (χ2v) is 6.29. The molecule has 0 aliphatic heterocycles. The highest BCUT2D eigenvalue weighted by Crippen LogP contribution is 2.17. The summed E-state index contributed by atoms with van der Waals surface area (Å²) < 4.78 is 0. The van der Waals surface area contributed by atoms with E-state index in [1.54, 1.807) is 0 Å². The molecule has 132 valence electrons. The average molecular weight is 345 g/mol. The summed E-state index contributed by atoms with van der Waals surface area (Å²) in [6.07, 6.45) is 1.81. The molecule has 0 fully saturated rings. The Hall–Kier alpha value is -3.14. The number of aliphatic imine (C=N–C) groups is 1. The topological polar surface area (TPSA) is 57.2 Å². The van der Waals surface area contributed by atoms with Crippen molar-refractivity contribution in [2.24, 2.45) is 4.99 Å². The van der Waals surface area contributed by atoms with E-state index in [2.05, 4.69) is 15.3 Å². The first kappa shape index (κ1) is 17.7. The second-order valence-electron chi connectivity index (χ2n) is 6.29. The van der Waals surface area contributed by atoms with Gasteiger partial charge in [-0.1, -0.05) is 60.7 Å². The monoisotopic (exact) mass is 345 g/mol. The summed E-state index contributed by atoms with van der Waals surface area (Å²) in [5, 5.41) is 2.99. The molecule has 26 heavy (non-hydrogen) atoms. The lowest BCUT2D eigenvalue weighted by Gasteiger charge is -2.06. The van der Waals surface area contributed by atoms with Crippen molar-refractivity contribution in [1.82, 2.24) is 10.3 Å². The van der Waals surface area contributed by atoms with Gasteiger partial charge in [-0.2, -0.15) is 0 Å². The van der Waals surface area contributed by atoms with Crippen molar-refractivity contribution >= 4 is 12.1 Å². The molecule has 1 heterocycles. The van der Waals surface area contributed by atoms with Crippen LogP contribution in [0.1, 0.15) is 38.4 Å². The fraction of sp³-hybridized carbons (Fsp3) is 0.182. The normalized spacial score (nSPS) is 11.0. The Morgan fingerprint density at radius 3 is 2.27 bits per heavy atom. The Bertz CT molecular complexity index is 896. The minimum Gasteiger partial charge on any atom is -0.357 e. The van der Waals surface area contributed by atoms with E-state index in [-0.39, 0.29) is 5.91 Å². The molecule has 0 spiro atoms. The van der Waals surface area contributed by atoms with Gasteiger partial charge in [-0.25, -0.2) is 0 Å². The Balaban J connectivity index is 1.68. The van der Waals surface area contributed by atoms with Crippen LogP contribution in [0, 0.1) is 13.8 Å². The number of hydrogen-bond donors (Lipinski definition) is 2. The molecule has 3 aromatic rings. The number of benzene rings is 2. The van der Waals surface area contributed by atoms with Gasteiger partial charge in [0.1, 0.15) is 0 Å². The Morgan fingerprint density at radius 2 is 1.62 bits per heavy atom. The van der Waals surface area contributed by atoms with Crippen molar-refractivity contribution in [3.05, 3.63) is 94.3 Å². The van der Waals surface area contributed by atoms with E-state index in [1.807, 2.05) is 80.7 Å². The predicted molar refractivity (Wildman–Crippen MR) is 106 cm³/mol. The molecule has 0 saturated heterocycles. The second kappa shape index (κ2) is 8.30. The minimum absolute atomic E-state index is 0.0668. The zero-order valence-electron chi connectivity index (χ0n) is 15.1. The van der Waals surface area contributed by atoms with Gasteiger partial charge in [-0.05, 0) is 30.5 Å². The van der Waals surface area contributed by atoms with Gasteiger partial charge in [0, 0.05) is 18.5 Å². The highest BCUT2D eigenvalue weighted by Gasteiger charge is 2.17. The van der Waals surface area contributed by atoms with Gasteiger partial charge in [0.15, 0.2) is 0 Å². The maximum Gasteiger partial charge on any atom is 0.253 e. The van der Waals surface area contributed by atoms with Crippen LogP contribution in [-0.4, -0.2) is 17.1 Å². The smallest absolute Gasteiger partial charge is 0.253 e. The number of hydrogen-bond acceptors (Lipinski definition) is 2. The number of rotatable bonds is 6. The SMILES string of the molecule is Cc1[nH]c(C=NCc2ccccc2)c(C)c1C(=O)NCc1ccccc1. The summed E-state index contributed by atoms with van der Waals surface area (Å²) in [5.41, 5.74) is 5.59. The van der Waals surface area contributed by atoms with Crippen LogP contribution in [-0.2, 0) is 13.1 Å². The van der Waals surface area contributed by atoms with Gasteiger partial charge in [0.2, 0.25) is 0 Å². The van der Waals surface area contributed by atoms with Crippen LogP contribution >= 0.6 is 0 Å². The molecule has 4 nitrogen and oxygen atoms in total.